The van der Waals surface area contributed by atoms with Crippen LogP contribution in [0.25, 0.3) is 32.8 Å². The van der Waals surface area contributed by atoms with Crippen LogP contribution in [0.4, 0.5) is 5.69 Å². The van der Waals surface area contributed by atoms with Gasteiger partial charge in [0.05, 0.1) is 11.1 Å². The molecule has 1 aliphatic heterocycles. The lowest BCUT2D eigenvalue weighted by atomic mass is 9.87. The van der Waals surface area contributed by atoms with Gasteiger partial charge in [0.15, 0.2) is 6.21 Å². The molecule has 2 heterocycles. The van der Waals surface area contributed by atoms with Crippen molar-refractivity contribution >= 4 is 44.7 Å². The molecule has 6 rings (SSSR count). The molecule has 136 valence electrons. The zero-order valence-corrected chi connectivity index (χ0v) is 15.8. The zero-order chi connectivity index (χ0) is 19.2. The van der Waals surface area contributed by atoms with Crippen molar-refractivity contribution in [2.24, 2.45) is 0 Å². The zero-order valence-electron chi connectivity index (χ0n) is 15.8. The first-order valence-electron chi connectivity index (χ1n) is 9.88. The number of allylic oxidation sites excluding steroid dienone is 1. The van der Waals surface area contributed by atoms with Gasteiger partial charge in [-0.1, -0.05) is 72.8 Å². The first-order chi connectivity index (χ1) is 14.4. The van der Waals surface area contributed by atoms with Crippen LogP contribution >= 0.6 is 0 Å². The van der Waals surface area contributed by atoms with Gasteiger partial charge in [0.1, 0.15) is 0 Å². The van der Waals surface area contributed by atoms with Gasteiger partial charge in [-0.15, -0.1) is 0 Å². The Bertz CT molecular complexity index is 1440. The standard InChI is InChI=1S/C27H18N2/c1-2-10-19-18(8-1)9-7-13-22(19)27(23-16-28-25-14-5-3-11-20(23)25)24-17-29-26-15-6-4-12-21(24)26/h1-17,28H/p+1/b27-24+. The van der Waals surface area contributed by atoms with Crippen LogP contribution in [0.5, 0.6) is 0 Å². The van der Waals surface area contributed by atoms with Crippen LogP contribution in [-0.4, -0.2) is 11.2 Å². The van der Waals surface area contributed by atoms with Crippen molar-refractivity contribution < 1.29 is 4.99 Å². The molecule has 0 aliphatic carbocycles. The van der Waals surface area contributed by atoms with Crippen molar-refractivity contribution in [3.05, 3.63) is 114 Å². The van der Waals surface area contributed by atoms with E-state index in [1.165, 1.54) is 44.0 Å². The Hall–Kier alpha value is -3.91. The fourth-order valence-electron chi connectivity index (χ4n) is 4.44. The van der Waals surface area contributed by atoms with Crippen molar-refractivity contribution in [2.75, 3.05) is 0 Å². The summed E-state index contributed by atoms with van der Waals surface area (Å²) < 4.78 is 0. The fourth-order valence-corrected chi connectivity index (χ4v) is 4.44. The molecule has 0 saturated heterocycles. The lowest BCUT2D eigenvalue weighted by Crippen LogP contribution is -2.58. The molecule has 2 N–H and O–H groups in total. The molecule has 0 unspecified atom stereocenters. The van der Waals surface area contributed by atoms with E-state index >= 15 is 0 Å². The number of hydrogen-bond acceptors (Lipinski definition) is 0. The van der Waals surface area contributed by atoms with E-state index in [4.69, 9.17) is 0 Å². The minimum absolute atomic E-state index is 1.15. The highest BCUT2D eigenvalue weighted by molar-refractivity contribution is 6.26. The van der Waals surface area contributed by atoms with Gasteiger partial charge in [-0.2, -0.15) is 0 Å². The quantitative estimate of drug-likeness (QED) is 0.434. The summed E-state index contributed by atoms with van der Waals surface area (Å²) in [4.78, 5) is 6.93. The van der Waals surface area contributed by atoms with Gasteiger partial charge in [0.25, 0.3) is 0 Å². The van der Waals surface area contributed by atoms with Gasteiger partial charge < -0.3 is 4.98 Å². The number of fused-ring (bicyclic) bond motifs is 3. The predicted octanol–water partition coefficient (Wildman–Crippen LogP) is 5.08. The minimum Gasteiger partial charge on any atom is -0.361 e. The van der Waals surface area contributed by atoms with E-state index in [0.29, 0.717) is 0 Å². The number of aromatic nitrogens is 1. The summed E-state index contributed by atoms with van der Waals surface area (Å²) in [5.41, 5.74) is 8.48. The minimum atomic E-state index is 1.15. The Kier molecular flexibility index (Phi) is 3.50. The highest BCUT2D eigenvalue weighted by atomic mass is 14.8. The van der Waals surface area contributed by atoms with E-state index in [9.17, 15) is 0 Å². The Labute approximate surface area is 168 Å². The molecule has 0 spiro atoms. The Morgan fingerprint density at radius 1 is 0.655 bits per heavy atom. The first kappa shape index (κ1) is 16.1. The maximum Gasteiger partial charge on any atom is 0.211 e. The molecule has 5 aromatic rings. The SMILES string of the molecule is C1=[NH+]c2ccccc2/C1=C(\c1cccc2ccccc12)c1c[nH]c2ccccc12. The molecule has 1 aromatic heterocycles. The van der Waals surface area contributed by atoms with Crippen LogP contribution in [0.15, 0.2) is 97.2 Å². The summed E-state index contributed by atoms with van der Waals surface area (Å²) >= 11 is 0. The fraction of sp³-hybridized carbons (Fsp3) is 0. The van der Waals surface area contributed by atoms with Crippen LogP contribution < -0.4 is 4.99 Å². The lowest BCUT2D eigenvalue weighted by Gasteiger charge is -2.13. The Morgan fingerprint density at radius 3 is 2.38 bits per heavy atom. The van der Waals surface area contributed by atoms with Crippen LogP contribution in [0, 0.1) is 0 Å². The number of H-pyrrole nitrogens is 1. The number of aromatic amines is 1. The van der Waals surface area contributed by atoms with Gasteiger partial charge >= 0.3 is 0 Å². The number of rotatable bonds is 2. The highest BCUT2D eigenvalue weighted by Crippen LogP contribution is 2.39. The normalized spacial score (nSPS) is 14.5. The maximum atomic E-state index is 3.47. The number of para-hydroxylation sites is 2. The van der Waals surface area contributed by atoms with E-state index in [2.05, 4.69) is 113 Å². The Morgan fingerprint density at radius 2 is 1.41 bits per heavy atom. The van der Waals surface area contributed by atoms with Crippen molar-refractivity contribution in [2.45, 2.75) is 0 Å². The van der Waals surface area contributed by atoms with Crippen molar-refractivity contribution in [3.63, 3.8) is 0 Å². The predicted molar refractivity (Wildman–Crippen MR) is 121 cm³/mol. The highest BCUT2D eigenvalue weighted by Gasteiger charge is 2.25. The molecule has 0 saturated carbocycles. The first-order valence-corrected chi connectivity index (χ1v) is 9.88. The average Bonchev–Trinajstić information content (AvgIpc) is 3.40. The van der Waals surface area contributed by atoms with Crippen molar-refractivity contribution in [1.82, 2.24) is 4.98 Å². The van der Waals surface area contributed by atoms with Gasteiger partial charge in [-0.25, -0.2) is 4.99 Å². The summed E-state index contributed by atoms with van der Waals surface area (Å²) in [6.07, 6.45) is 4.28. The van der Waals surface area contributed by atoms with E-state index in [1.807, 2.05) is 0 Å². The summed E-state index contributed by atoms with van der Waals surface area (Å²) in [6.45, 7) is 0. The maximum absolute atomic E-state index is 3.47. The molecule has 0 radical (unpaired) electrons. The molecule has 29 heavy (non-hydrogen) atoms. The Balaban J connectivity index is 1.76. The molecule has 2 nitrogen and oxygen atoms in total. The molecular formula is C27H19N2+. The molecule has 2 heteroatoms. The second kappa shape index (κ2) is 6.32. The molecule has 0 atom stereocenters. The molecule has 0 fully saturated rings. The van der Waals surface area contributed by atoms with E-state index in [1.54, 1.807) is 0 Å². The van der Waals surface area contributed by atoms with Crippen LogP contribution in [0.2, 0.25) is 0 Å². The molecule has 1 aliphatic rings. The molecule has 0 bridgehead atoms. The lowest BCUT2D eigenvalue weighted by molar-refractivity contribution is -0.342. The largest absolute Gasteiger partial charge is 0.361 e. The van der Waals surface area contributed by atoms with E-state index in [0.717, 1.165) is 11.2 Å². The summed E-state index contributed by atoms with van der Waals surface area (Å²) in [7, 11) is 0. The summed E-state index contributed by atoms with van der Waals surface area (Å²) in [6, 6.07) is 32.2. The third kappa shape index (κ3) is 2.46. The van der Waals surface area contributed by atoms with Crippen LogP contribution in [0.1, 0.15) is 16.7 Å². The van der Waals surface area contributed by atoms with Crippen LogP contribution in [-0.2, 0) is 0 Å². The number of nitrogens with one attached hydrogen (secondary N) is 2. The summed E-state index contributed by atoms with van der Waals surface area (Å²) in [5, 5.41) is 3.75. The third-order valence-electron chi connectivity index (χ3n) is 5.78. The number of hydrogen-bond donors (Lipinski definition) is 2. The van der Waals surface area contributed by atoms with Gasteiger partial charge in [-0.3, -0.25) is 0 Å². The van der Waals surface area contributed by atoms with Crippen LogP contribution in [0.3, 0.4) is 0 Å². The van der Waals surface area contributed by atoms with Crippen molar-refractivity contribution in [3.8, 4) is 0 Å². The number of benzene rings is 4. The van der Waals surface area contributed by atoms with E-state index < -0.39 is 0 Å². The monoisotopic (exact) mass is 371 g/mol. The van der Waals surface area contributed by atoms with Crippen molar-refractivity contribution in [1.29, 1.82) is 0 Å². The molecular weight excluding hydrogens is 352 g/mol. The second-order valence-electron chi connectivity index (χ2n) is 7.40. The topological polar surface area (TPSA) is 29.8 Å². The van der Waals surface area contributed by atoms with E-state index in [-0.39, 0.29) is 0 Å². The van der Waals surface area contributed by atoms with Gasteiger partial charge in [-0.05, 0) is 28.5 Å². The second-order valence-corrected chi connectivity index (χ2v) is 7.40. The smallest absolute Gasteiger partial charge is 0.211 e. The third-order valence-corrected chi connectivity index (χ3v) is 5.78. The molecule has 0 amide bonds. The molecule has 4 aromatic carbocycles. The summed E-state index contributed by atoms with van der Waals surface area (Å²) in [5.74, 6) is 0. The van der Waals surface area contributed by atoms with Gasteiger partial charge in [0.2, 0.25) is 5.69 Å². The van der Waals surface area contributed by atoms with Gasteiger partial charge in [0, 0.05) is 34.3 Å². The average molecular weight is 371 g/mol.